The number of carbonyl (C=O) groups is 2. The molecular formula is C12H14N2O6. The van der Waals surface area contributed by atoms with Gasteiger partial charge in [-0.1, -0.05) is 0 Å². The molecule has 1 amide bonds. The van der Waals surface area contributed by atoms with Gasteiger partial charge in [0.25, 0.3) is 11.6 Å². The molecule has 0 aliphatic heterocycles. The molecule has 108 valence electrons. The normalized spacial score (nSPS) is 11.6. The number of non-ortho nitro benzene ring substituents is 1. The Bertz CT molecular complexity index is 557. The Balaban J connectivity index is 3.16. The first-order valence-corrected chi connectivity index (χ1v) is 5.62. The van der Waals surface area contributed by atoms with Crippen LogP contribution < -0.4 is 4.74 Å². The highest BCUT2D eigenvalue weighted by molar-refractivity contribution is 5.99. The summed E-state index contributed by atoms with van der Waals surface area (Å²) in [7, 11) is 2.61. The molecule has 1 N–H and O–H groups in total. The van der Waals surface area contributed by atoms with Crippen molar-refractivity contribution in [1.29, 1.82) is 0 Å². The lowest BCUT2D eigenvalue weighted by Crippen LogP contribution is -2.40. The van der Waals surface area contributed by atoms with Gasteiger partial charge >= 0.3 is 5.97 Å². The van der Waals surface area contributed by atoms with Crippen LogP contribution in [0, 0.1) is 10.1 Å². The minimum atomic E-state index is -1.15. The molecule has 1 aromatic rings. The number of benzene rings is 1. The standard InChI is InChI=1S/C12H14N2O6/c1-7(12(16)17)13(2)11(15)9-5-4-8(14(18)19)6-10(9)20-3/h4-7H,1-3H3,(H,16,17)/t7-/m0/s1. The van der Waals surface area contributed by atoms with Gasteiger partial charge in [0.1, 0.15) is 11.8 Å². The van der Waals surface area contributed by atoms with Crippen LogP contribution in [0.15, 0.2) is 18.2 Å². The van der Waals surface area contributed by atoms with Gasteiger partial charge < -0.3 is 14.7 Å². The second-order valence-corrected chi connectivity index (χ2v) is 4.07. The van der Waals surface area contributed by atoms with Crippen LogP contribution in [0.1, 0.15) is 17.3 Å². The van der Waals surface area contributed by atoms with Gasteiger partial charge in [-0.3, -0.25) is 14.9 Å². The lowest BCUT2D eigenvalue weighted by atomic mass is 10.1. The van der Waals surface area contributed by atoms with E-state index in [0.717, 1.165) is 17.0 Å². The summed E-state index contributed by atoms with van der Waals surface area (Å²) in [6, 6.07) is 2.49. The molecule has 1 rings (SSSR count). The van der Waals surface area contributed by atoms with Crippen molar-refractivity contribution in [2.75, 3.05) is 14.2 Å². The molecule has 0 saturated heterocycles. The third-order valence-corrected chi connectivity index (χ3v) is 2.89. The predicted molar refractivity (Wildman–Crippen MR) is 68.8 cm³/mol. The molecule has 0 aromatic heterocycles. The summed E-state index contributed by atoms with van der Waals surface area (Å²) in [5, 5.41) is 19.5. The molecule has 0 saturated carbocycles. The minimum Gasteiger partial charge on any atom is -0.496 e. The smallest absolute Gasteiger partial charge is 0.326 e. The minimum absolute atomic E-state index is 0.0219. The Hall–Kier alpha value is -2.64. The zero-order valence-electron chi connectivity index (χ0n) is 11.2. The van der Waals surface area contributed by atoms with Crippen LogP contribution in [0.5, 0.6) is 5.75 Å². The lowest BCUT2D eigenvalue weighted by Gasteiger charge is -2.22. The number of methoxy groups -OCH3 is 1. The van der Waals surface area contributed by atoms with Crippen molar-refractivity contribution in [2.45, 2.75) is 13.0 Å². The van der Waals surface area contributed by atoms with Gasteiger partial charge in [0.15, 0.2) is 0 Å². The number of carboxylic acids is 1. The number of likely N-dealkylation sites (N-methyl/N-ethyl adjacent to an activating group) is 1. The van der Waals surface area contributed by atoms with Gasteiger partial charge in [-0.25, -0.2) is 4.79 Å². The topological polar surface area (TPSA) is 110 Å². The number of rotatable bonds is 5. The fourth-order valence-corrected chi connectivity index (χ4v) is 1.50. The molecule has 1 aromatic carbocycles. The molecule has 0 aliphatic rings. The number of carbonyl (C=O) groups excluding carboxylic acids is 1. The third kappa shape index (κ3) is 3.02. The van der Waals surface area contributed by atoms with E-state index < -0.39 is 22.8 Å². The van der Waals surface area contributed by atoms with Gasteiger partial charge in [-0.2, -0.15) is 0 Å². The van der Waals surface area contributed by atoms with E-state index in [1.165, 1.54) is 27.1 Å². The van der Waals surface area contributed by atoms with Crippen molar-refractivity contribution < 1.29 is 24.4 Å². The highest BCUT2D eigenvalue weighted by atomic mass is 16.6. The molecule has 0 unspecified atom stereocenters. The Morgan fingerprint density at radius 3 is 2.50 bits per heavy atom. The van der Waals surface area contributed by atoms with Crippen LogP contribution >= 0.6 is 0 Å². The van der Waals surface area contributed by atoms with Crippen molar-refractivity contribution in [2.24, 2.45) is 0 Å². The summed E-state index contributed by atoms with van der Waals surface area (Å²) in [4.78, 5) is 34.1. The maximum absolute atomic E-state index is 12.2. The first-order valence-electron chi connectivity index (χ1n) is 5.62. The average Bonchev–Trinajstić information content (AvgIpc) is 2.43. The van der Waals surface area contributed by atoms with Gasteiger partial charge in [-0.05, 0) is 13.0 Å². The van der Waals surface area contributed by atoms with Crippen LogP contribution in [-0.4, -0.2) is 47.0 Å². The Labute approximate surface area is 114 Å². The number of nitrogens with zero attached hydrogens (tertiary/aromatic N) is 2. The fraction of sp³-hybridized carbons (Fsp3) is 0.333. The maximum atomic E-state index is 12.2. The van der Waals surface area contributed by atoms with E-state index in [1.807, 2.05) is 0 Å². The number of ether oxygens (including phenoxy) is 1. The molecule has 0 fully saturated rings. The molecule has 20 heavy (non-hydrogen) atoms. The van der Waals surface area contributed by atoms with Crippen molar-refractivity contribution in [3.05, 3.63) is 33.9 Å². The van der Waals surface area contributed by atoms with Gasteiger partial charge in [0.05, 0.1) is 23.7 Å². The fourth-order valence-electron chi connectivity index (χ4n) is 1.50. The van der Waals surface area contributed by atoms with Gasteiger partial charge in [0, 0.05) is 13.1 Å². The molecule has 8 nitrogen and oxygen atoms in total. The predicted octanol–water partition coefficient (Wildman–Crippen LogP) is 1.15. The number of amides is 1. The summed E-state index contributed by atoms with van der Waals surface area (Å²) in [5.74, 6) is -1.72. The van der Waals surface area contributed by atoms with E-state index in [4.69, 9.17) is 9.84 Å². The van der Waals surface area contributed by atoms with Crippen molar-refractivity contribution in [3.8, 4) is 5.75 Å². The summed E-state index contributed by atoms with van der Waals surface area (Å²) in [6.07, 6.45) is 0. The van der Waals surface area contributed by atoms with Crippen LogP contribution in [-0.2, 0) is 4.79 Å². The summed E-state index contributed by atoms with van der Waals surface area (Å²) >= 11 is 0. The molecular weight excluding hydrogens is 268 g/mol. The first kappa shape index (κ1) is 15.4. The van der Waals surface area contributed by atoms with Crippen molar-refractivity contribution in [1.82, 2.24) is 4.90 Å². The third-order valence-electron chi connectivity index (χ3n) is 2.89. The summed E-state index contributed by atoms with van der Waals surface area (Å²) in [6.45, 7) is 1.36. The molecule has 8 heteroatoms. The molecule has 1 atom stereocenters. The number of hydrogen-bond acceptors (Lipinski definition) is 5. The Morgan fingerprint density at radius 2 is 2.05 bits per heavy atom. The van der Waals surface area contributed by atoms with E-state index in [9.17, 15) is 19.7 Å². The van der Waals surface area contributed by atoms with Crippen LogP contribution in [0.2, 0.25) is 0 Å². The number of hydrogen-bond donors (Lipinski definition) is 1. The molecule has 0 aliphatic carbocycles. The lowest BCUT2D eigenvalue weighted by molar-refractivity contribution is -0.384. The second kappa shape index (κ2) is 6.00. The molecule has 0 spiro atoms. The molecule has 0 heterocycles. The van der Waals surface area contributed by atoms with E-state index in [2.05, 4.69) is 0 Å². The summed E-state index contributed by atoms with van der Waals surface area (Å²) in [5.41, 5.74) is -0.152. The van der Waals surface area contributed by atoms with Crippen molar-refractivity contribution in [3.63, 3.8) is 0 Å². The maximum Gasteiger partial charge on any atom is 0.326 e. The number of nitro groups is 1. The van der Waals surface area contributed by atoms with E-state index >= 15 is 0 Å². The van der Waals surface area contributed by atoms with Crippen LogP contribution in [0.4, 0.5) is 5.69 Å². The van der Waals surface area contributed by atoms with Gasteiger partial charge in [-0.15, -0.1) is 0 Å². The highest BCUT2D eigenvalue weighted by Crippen LogP contribution is 2.25. The monoisotopic (exact) mass is 282 g/mol. The quantitative estimate of drug-likeness (QED) is 0.640. The second-order valence-electron chi connectivity index (χ2n) is 4.07. The van der Waals surface area contributed by atoms with Crippen LogP contribution in [0.3, 0.4) is 0 Å². The zero-order chi connectivity index (χ0) is 15.4. The number of carboxylic acid groups (broad SMARTS) is 1. The molecule has 0 bridgehead atoms. The van der Waals surface area contributed by atoms with Crippen LogP contribution in [0.25, 0.3) is 0 Å². The largest absolute Gasteiger partial charge is 0.496 e. The zero-order valence-corrected chi connectivity index (χ0v) is 11.2. The Morgan fingerprint density at radius 1 is 1.45 bits per heavy atom. The highest BCUT2D eigenvalue weighted by Gasteiger charge is 2.26. The first-order chi connectivity index (χ1) is 9.29. The van der Waals surface area contributed by atoms with Crippen molar-refractivity contribution >= 4 is 17.6 Å². The number of aliphatic carboxylic acids is 1. The Kier molecular flexibility index (Phi) is 4.63. The van der Waals surface area contributed by atoms with E-state index in [-0.39, 0.29) is 17.0 Å². The average molecular weight is 282 g/mol. The van der Waals surface area contributed by atoms with Gasteiger partial charge in [0.2, 0.25) is 0 Å². The van der Waals surface area contributed by atoms with E-state index in [1.54, 1.807) is 0 Å². The molecule has 0 radical (unpaired) electrons. The summed E-state index contributed by atoms with van der Waals surface area (Å²) < 4.78 is 4.95. The number of nitro benzene ring substituents is 1. The van der Waals surface area contributed by atoms with E-state index in [0.29, 0.717) is 0 Å². The SMILES string of the molecule is COc1cc([N+](=O)[O-])ccc1C(=O)N(C)[C@@H](C)C(=O)O.